The van der Waals surface area contributed by atoms with Crippen molar-refractivity contribution >= 4 is 11.8 Å². The van der Waals surface area contributed by atoms with Crippen LogP contribution in [0.2, 0.25) is 0 Å². The van der Waals surface area contributed by atoms with Crippen molar-refractivity contribution in [2.24, 2.45) is 11.5 Å². The Bertz CT molecular complexity index is 636. The van der Waals surface area contributed by atoms with Crippen LogP contribution in [0.25, 0.3) is 0 Å². The van der Waals surface area contributed by atoms with E-state index in [0.717, 1.165) is 5.56 Å². The van der Waals surface area contributed by atoms with Crippen LogP contribution in [0.15, 0.2) is 54.6 Å². The van der Waals surface area contributed by atoms with Crippen LogP contribution in [0.5, 0.6) is 0 Å². The predicted octanol–water partition coefficient (Wildman–Crippen LogP) is 1.83. The van der Waals surface area contributed by atoms with Crippen molar-refractivity contribution in [1.29, 1.82) is 0 Å². The molecule has 0 saturated heterocycles. The third-order valence-electron chi connectivity index (χ3n) is 3.54. The van der Waals surface area contributed by atoms with Crippen molar-refractivity contribution < 1.29 is 9.59 Å². The molecule has 0 unspecified atom stereocenters. The molecule has 2 rings (SSSR count). The largest absolute Gasteiger partial charge is 0.369 e. The summed E-state index contributed by atoms with van der Waals surface area (Å²) in [6.45, 7) is 1.95. The Morgan fingerprint density at radius 3 is 1.62 bits per heavy atom. The Labute approximate surface area is 123 Å². The summed E-state index contributed by atoms with van der Waals surface area (Å²) in [5, 5.41) is 0. The fraction of sp³-hybridized carbons (Fsp3) is 0.176. The topological polar surface area (TPSA) is 86.2 Å². The summed E-state index contributed by atoms with van der Waals surface area (Å²) in [5.74, 6) is -2.67. The van der Waals surface area contributed by atoms with Crippen LogP contribution in [-0.4, -0.2) is 11.8 Å². The first-order valence-corrected chi connectivity index (χ1v) is 6.71. The van der Waals surface area contributed by atoms with E-state index in [0.29, 0.717) is 11.1 Å². The smallest absolute Gasteiger partial charge is 0.226 e. The number of benzene rings is 2. The average molecular weight is 282 g/mol. The summed E-state index contributed by atoms with van der Waals surface area (Å²) in [6.07, 6.45) is 0. The molecule has 4 nitrogen and oxygen atoms in total. The van der Waals surface area contributed by atoms with E-state index >= 15 is 0 Å². The molecule has 0 heterocycles. The van der Waals surface area contributed by atoms with E-state index < -0.39 is 23.7 Å². The summed E-state index contributed by atoms with van der Waals surface area (Å²) in [4.78, 5) is 23.8. The molecular weight excluding hydrogens is 264 g/mol. The van der Waals surface area contributed by atoms with Crippen LogP contribution in [0, 0.1) is 6.92 Å². The van der Waals surface area contributed by atoms with E-state index in [1.807, 2.05) is 37.3 Å². The van der Waals surface area contributed by atoms with Crippen molar-refractivity contribution in [2.45, 2.75) is 18.8 Å². The van der Waals surface area contributed by atoms with Gasteiger partial charge < -0.3 is 11.5 Å². The van der Waals surface area contributed by atoms with Crippen LogP contribution in [0.4, 0.5) is 0 Å². The van der Waals surface area contributed by atoms with Gasteiger partial charge in [0.15, 0.2) is 0 Å². The van der Waals surface area contributed by atoms with Gasteiger partial charge in [-0.3, -0.25) is 9.59 Å². The van der Waals surface area contributed by atoms with Crippen molar-refractivity contribution in [3.8, 4) is 0 Å². The number of primary amides is 2. The zero-order valence-corrected chi connectivity index (χ0v) is 11.8. The Kier molecular flexibility index (Phi) is 4.38. The first kappa shape index (κ1) is 14.8. The van der Waals surface area contributed by atoms with Gasteiger partial charge in [0.05, 0.1) is 11.8 Å². The van der Waals surface area contributed by atoms with Gasteiger partial charge in [-0.25, -0.2) is 0 Å². The average Bonchev–Trinajstić information content (AvgIpc) is 2.46. The van der Waals surface area contributed by atoms with E-state index in [9.17, 15) is 9.59 Å². The lowest BCUT2D eigenvalue weighted by Gasteiger charge is -2.23. The second-order valence-electron chi connectivity index (χ2n) is 5.08. The fourth-order valence-corrected chi connectivity index (χ4v) is 2.48. The minimum atomic E-state index is -0.773. The molecule has 0 radical (unpaired) electrons. The predicted molar refractivity (Wildman–Crippen MR) is 81.5 cm³/mol. The standard InChI is InChI=1S/C17H18N2O2/c1-11-7-9-13(10-8-11)15(17(19)21)14(16(18)20)12-5-3-2-4-6-12/h2-10,14-15H,1H3,(H2,18,20)(H2,19,21)/t14-,15-/m1/s1. The summed E-state index contributed by atoms with van der Waals surface area (Å²) in [6, 6.07) is 16.4. The number of hydrogen-bond acceptors (Lipinski definition) is 2. The summed E-state index contributed by atoms with van der Waals surface area (Å²) >= 11 is 0. The molecule has 108 valence electrons. The first-order valence-electron chi connectivity index (χ1n) is 6.71. The minimum Gasteiger partial charge on any atom is -0.369 e. The van der Waals surface area contributed by atoms with E-state index in [1.54, 1.807) is 24.3 Å². The molecule has 0 spiro atoms. The molecule has 2 aromatic rings. The van der Waals surface area contributed by atoms with Crippen LogP contribution in [0.1, 0.15) is 28.5 Å². The quantitative estimate of drug-likeness (QED) is 0.876. The number of carbonyl (C=O) groups excluding carboxylic acids is 2. The molecule has 2 amide bonds. The van der Waals surface area contributed by atoms with Crippen molar-refractivity contribution in [3.05, 3.63) is 71.3 Å². The molecule has 2 aromatic carbocycles. The Morgan fingerprint density at radius 2 is 1.19 bits per heavy atom. The van der Waals surface area contributed by atoms with Crippen molar-refractivity contribution in [3.63, 3.8) is 0 Å². The van der Waals surface area contributed by atoms with Crippen LogP contribution < -0.4 is 11.5 Å². The highest BCUT2D eigenvalue weighted by atomic mass is 16.2. The monoisotopic (exact) mass is 282 g/mol. The van der Waals surface area contributed by atoms with Gasteiger partial charge in [-0.1, -0.05) is 60.2 Å². The number of nitrogens with two attached hydrogens (primary N) is 2. The van der Waals surface area contributed by atoms with E-state index in [-0.39, 0.29) is 0 Å². The molecule has 0 aliphatic rings. The lowest BCUT2D eigenvalue weighted by molar-refractivity contribution is -0.126. The lowest BCUT2D eigenvalue weighted by atomic mass is 9.80. The zero-order valence-electron chi connectivity index (χ0n) is 11.8. The fourth-order valence-electron chi connectivity index (χ4n) is 2.48. The maximum atomic E-state index is 11.9. The second kappa shape index (κ2) is 6.22. The molecular formula is C17H18N2O2. The zero-order chi connectivity index (χ0) is 15.4. The Balaban J connectivity index is 2.50. The molecule has 0 aliphatic heterocycles. The normalized spacial score (nSPS) is 13.4. The molecule has 4 heteroatoms. The number of amides is 2. The van der Waals surface area contributed by atoms with Crippen LogP contribution >= 0.6 is 0 Å². The number of rotatable bonds is 5. The third kappa shape index (κ3) is 3.28. The van der Waals surface area contributed by atoms with Gasteiger partial charge in [-0.2, -0.15) is 0 Å². The second-order valence-corrected chi connectivity index (χ2v) is 5.08. The van der Waals surface area contributed by atoms with Gasteiger partial charge in [0.2, 0.25) is 11.8 Å². The van der Waals surface area contributed by atoms with Crippen molar-refractivity contribution in [2.75, 3.05) is 0 Å². The van der Waals surface area contributed by atoms with Crippen molar-refractivity contribution in [1.82, 2.24) is 0 Å². The first-order chi connectivity index (χ1) is 10.0. The number of carbonyl (C=O) groups is 2. The number of aryl methyl sites for hydroxylation is 1. The summed E-state index contributed by atoms with van der Waals surface area (Å²) in [5.41, 5.74) is 13.5. The summed E-state index contributed by atoms with van der Waals surface area (Å²) < 4.78 is 0. The van der Waals surface area contributed by atoms with E-state index in [2.05, 4.69) is 0 Å². The summed E-state index contributed by atoms with van der Waals surface area (Å²) in [7, 11) is 0. The Hall–Kier alpha value is -2.62. The third-order valence-corrected chi connectivity index (χ3v) is 3.54. The molecule has 0 fully saturated rings. The van der Waals surface area contributed by atoms with Gasteiger partial charge in [-0.15, -0.1) is 0 Å². The van der Waals surface area contributed by atoms with E-state index in [1.165, 1.54) is 0 Å². The van der Waals surface area contributed by atoms with Gasteiger partial charge in [-0.05, 0) is 18.1 Å². The molecule has 0 saturated carbocycles. The molecule has 0 bridgehead atoms. The highest BCUT2D eigenvalue weighted by Gasteiger charge is 2.33. The lowest BCUT2D eigenvalue weighted by Crippen LogP contribution is -2.34. The molecule has 21 heavy (non-hydrogen) atoms. The van der Waals surface area contributed by atoms with Crippen LogP contribution in [-0.2, 0) is 9.59 Å². The highest BCUT2D eigenvalue weighted by Crippen LogP contribution is 2.32. The Morgan fingerprint density at radius 1 is 0.762 bits per heavy atom. The van der Waals surface area contributed by atoms with Gasteiger partial charge in [0, 0.05) is 0 Å². The van der Waals surface area contributed by atoms with Gasteiger partial charge >= 0.3 is 0 Å². The molecule has 0 aromatic heterocycles. The van der Waals surface area contributed by atoms with Gasteiger partial charge in [0.25, 0.3) is 0 Å². The molecule has 4 N–H and O–H groups in total. The highest BCUT2D eigenvalue weighted by molar-refractivity contribution is 5.93. The molecule has 0 aliphatic carbocycles. The van der Waals surface area contributed by atoms with Crippen LogP contribution in [0.3, 0.4) is 0 Å². The maximum Gasteiger partial charge on any atom is 0.226 e. The SMILES string of the molecule is Cc1ccc([C@@H](C(N)=O)[C@H](C(N)=O)c2ccccc2)cc1. The minimum absolute atomic E-state index is 0.563. The van der Waals surface area contributed by atoms with Gasteiger partial charge in [0.1, 0.15) is 0 Å². The maximum absolute atomic E-state index is 11.9. The number of hydrogen-bond donors (Lipinski definition) is 2. The van der Waals surface area contributed by atoms with E-state index in [4.69, 9.17) is 11.5 Å². The molecule has 2 atom stereocenters.